The molecule has 1 aromatic rings. The van der Waals surface area contributed by atoms with Gasteiger partial charge in [-0.1, -0.05) is 19.9 Å². The van der Waals surface area contributed by atoms with Crippen LogP contribution in [0.2, 0.25) is 0 Å². The normalized spacial score (nSPS) is 38.0. The number of phenols is 1. The summed E-state index contributed by atoms with van der Waals surface area (Å²) in [6.45, 7) is 7.99. The van der Waals surface area contributed by atoms with Gasteiger partial charge in [-0.2, -0.15) is 0 Å². The molecule has 2 unspecified atom stereocenters. The highest BCUT2D eigenvalue weighted by Gasteiger charge is 2.48. The Morgan fingerprint density at radius 2 is 2.27 bits per heavy atom. The van der Waals surface area contributed by atoms with Crippen molar-refractivity contribution in [2.24, 2.45) is 5.92 Å². The number of rotatable bonds is 2. The van der Waals surface area contributed by atoms with E-state index in [9.17, 15) is 5.11 Å². The summed E-state index contributed by atoms with van der Waals surface area (Å²) in [4.78, 5) is 2.68. The van der Waals surface area contributed by atoms with E-state index in [-0.39, 0.29) is 5.41 Å². The lowest BCUT2D eigenvalue weighted by Crippen LogP contribution is -2.59. The van der Waals surface area contributed by atoms with Crippen molar-refractivity contribution in [1.29, 1.82) is 0 Å². The summed E-state index contributed by atoms with van der Waals surface area (Å²) in [5, 5.41) is 9.90. The van der Waals surface area contributed by atoms with Crippen LogP contribution in [0.15, 0.2) is 18.2 Å². The van der Waals surface area contributed by atoms with E-state index in [1.807, 2.05) is 12.1 Å². The minimum Gasteiger partial charge on any atom is -0.508 e. The van der Waals surface area contributed by atoms with Crippen LogP contribution in [0.4, 0.5) is 0 Å². The summed E-state index contributed by atoms with van der Waals surface area (Å²) < 4.78 is 5.86. The van der Waals surface area contributed by atoms with Gasteiger partial charge in [0.2, 0.25) is 0 Å². The van der Waals surface area contributed by atoms with E-state index in [1.54, 1.807) is 0 Å². The van der Waals surface area contributed by atoms with E-state index in [0.29, 0.717) is 23.8 Å². The molecular formula is C19H27NO2. The third kappa shape index (κ3) is 2.17. The molecule has 2 heterocycles. The van der Waals surface area contributed by atoms with Crippen LogP contribution in [0.3, 0.4) is 0 Å². The lowest BCUT2D eigenvalue weighted by atomic mass is 9.59. The highest BCUT2D eigenvalue weighted by molar-refractivity contribution is 5.44. The van der Waals surface area contributed by atoms with Crippen molar-refractivity contribution in [3.05, 3.63) is 29.3 Å². The molecule has 2 saturated heterocycles. The van der Waals surface area contributed by atoms with Gasteiger partial charge in [0, 0.05) is 19.2 Å². The Labute approximate surface area is 133 Å². The first-order valence-corrected chi connectivity index (χ1v) is 8.76. The van der Waals surface area contributed by atoms with Gasteiger partial charge >= 0.3 is 0 Å². The number of hydrogen-bond acceptors (Lipinski definition) is 3. The highest BCUT2D eigenvalue weighted by atomic mass is 16.5. The van der Waals surface area contributed by atoms with Gasteiger partial charge in [0.15, 0.2) is 0 Å². The molecule has 0 amide bonds. The molecule has 120 valence electrons. The molecule has 0 saturated carbocycles. The zero-order valence-electron chi connectivity index (χ0n) is 13.7. The molecule has 1 aromatic carbocycles. The minimum absolute atomic E-state index is 0.198. The predicted molar refractivity (Wildman–Crippen MR) is 87.3 cm³/mol. The maximum absolute atomic E-state index is 9.90. The Morgan fingerprint density at radius 1 is 1.41 bits per heavy atom. The van der Waals surface area contributed by atoms with Gasteiger partial charge in [0.05, 0.1) is 6.10 Å². The molecule has 3 aliphatic rings. The van der Waals surface area contributed by atoms with Crippen LogP contribution in [0.25, 0.3) is 0 Å². The molecule has 1 N–H and O–H groups in total. The number of piperidine rings is 1. The lowest BCUT2D eigenvalue weighted by molar-refractivity contribution is -0.00671. The summed E-state index contributed by atoms with van der Waals surface area (Å²) in [6.07, 6.45) is 5.17. The van der Waals surface area contributed by atoms with Crippen molar-refractivity contribution in [3.8, 4) is 5.75 Å². The molecule has 4 atom stereocenters. The standard InChI is InChI=1S/C19H27NO2/c1-13-18-10-14-5-6-15(21)11-17(14)19(13,2)7-8-20(18)12-16-4-3-9-22-16/h5-6,11,13,16,18,21H,3-4,7-10,12H2,1-2H3/t13-,16?,18?,19-/m0/s1. The summed E-state index contributed by atoms with van der Waals surface area (Å²) >= 11 is 0. The molecule has 2 aliphatic heterocycles. The van der Waals surface area contributed by atoms with Crippen LogP contribution in [-0.2, 0) is 16.6 Å². The van der Waals surface area contributed by atoms with E-state index < -0.39 is 0 Å². The van der Waals surface area contributed by atoms with E-state index >= 15 is 0 Å². The Hall–Kier alpha value is -1.06. The minimum atomic E-state index is 0.198. The summed E-state index contributed by atoms with van der Waals surface area (Å²) in [6, 6.07) is 6.60. The van der Waals surface area contributed by atoms with Crippen LogP contribution in [-0.4, -0.2) is 41.8 Å². The fourth-order valence-electron chi connectivity index (χ4n) is 4.97. The molecule has 0 aromatic heterocycles. The fourth-order valence-corrected chi connectivity index (χ4v) is 4.97. The molecule has 3 heteroatoms. The van der Waals surface area contributed by atoms with Crippen molar-refractivity contribution >= 4 is 0 Å². The van der Waals surface area contributed by atoms with Gasteiger partial charge in [-0.05, 0) is 66.8 Å². The highest BCUT2D eigenvalue weighted by Crippen LogP contribution is 2.49. The van der Waals surface area contributed by atoms with Crippen LogP contribution < -0.4 is 0 Å². The Bertz CT molecular complexity index is 567. The largest absolute Gasteiger partial charge is 0.508 e. The predicted octanol–water partition coefficient (Wildman–Crippen LogP) is 3.10. The van der Waals surface area contributed by atoms with Crippen molar-refractivity contribution in [2.75, 3.05) is 19.7 Å². The van der Waals surface area contributed by atoms with Crippen LogP contribution in [0, 0.1) is 5.92 Å². The van der Waals surface area contributed by atoms with E-state index in [1.165, 1.54) is 30.4 Å². The van der Waals surface area contributed by atoms with Gasteiger partial charge in [0.1, 0.15) is 5.75 Å². The number of fused-ring (bicyclic) bond motifs is 4. The molecule has 2 bridgehead atoms. The Kier molecular flexibility index (Phi) is 3.46. The number of ether oxygens (including phenoxy) is 1. The van der Waals surface area contributed by atoms with Gasteiger partial charge in [-0.3, -0.25) is 4.90 Å². The number of aromatic hydroxyl groups is 1. The number of hydrogen-bond donors (Lipinski definition) is 1. The topological polar surface area (TPSA) is 32.7 Å². The average Bonchev–Trinajstić information content (AvgIpc) is 3.00. The van der Waals surface area contributed by atoms with Gasteiger partial charge < -0.3 is 9.84 Å². The van der Waals surface area contributed by atoms with Crippen molar-refractivity contribution in [3.63, 3.8) is 0 Å². The molecule has 1 aliphatic carbocycles. The fraction of sp³-hybridized carbons (Fsp3) is 0.684. The smallest absolute Gasteiger partial charge is 0.115 e. The second-order valence-electron chi connectivity index (χ2n) is 7.70. The third-order valence-corrected chi connectivity index (χ3v) is 6.57. The first kappa shape index (κ1) is 14.5. The Morgan fingerprint density at radius 3 is 3.05 bits per heavy atom. The molecule has 0 radical (unpaired) electrons. The third-order valence-electron chi connectivity index (χ3n) is 6.57. The maximum atomic E-state index is 9.90. The molecule has 0 spiro atoms. The zero-order chi connectivity index (χ0) is 15.3. The zero-order valence-corrected chi connectivity index (χ0v) is 13.7. The average molecular weight is 301 g/mol. The van der Waals surface area contributed by atoms with Crippen LogP contribution in [0.1, 0.15) is 44.2 Å². The van der Waals surface area contributed by atoms with E-state index in [2.05, 4.69) is 24.8 Å². The second kappa shape index (κ2) is 5.24. The molecule has 22 heavy (non-hydrogen) atoms. The van der Waals surface area contributed by atoms with Crippen molar-refractivity contribution in [2.45, 2.75) is 57.1 Å². The molecule has 2 fully saturated rings. The molecule has 4 rings (SSSR count). The van der Waals surface area contributed by atoms with Crippen LogP contribution >= 0.6 is 0 Å². The van der Waals surface area contributed by atoms with E-state index in [0.717, 1.165) is 26.1 Å². The monoisotopic (exact) mass is 301 g/mol. The summed E-state index contributed by atoms with van der Waals surface area (Å²) in [7, 11) is 0. The first-order valence-electron chi connectivity index (χ1n) is 8.76. The van der Waals surface area contributed by atoms with Gasteiger partial charge in [-0.25, -0.2) is 0 Å². The number of nitrogens with zero attached hydrogens (tertiary/aromatic N) is 1. The Balaban J connectivity index is 1.63. The molecular weight excluding hydrogens is 274 g/mol. The maximum Gasteiger partial charge on any atom is 0.115 e. The number of benzene rings is 1. The quantitative estimate of drug-likeness (QED) is 0.911. The number of phenolic OH excluding ortho intramolecular Hbond substituents is 1. The second-order valence-corrected chi connectivity index (χ2v) is 7.70. The first-order chi connectivity index (χ1) is 10.6. The summed E-state index contributed by atoms with van der Waals surface area (Å²) in [5.74, 6) is 1.03. The lowest BCUT2D eigenvalue weighted by Gasteiger charge is -2.55. The van der Waals surface area contributed by atoms with E-state index in [4.69, 9.17) is 4.74 Å². The van der Waals surface area contributed by atoms with Crippen molar-refractivity contribution < 1.29 is 9.84 Å². The van der Waals surface area contributed by atoms with Gasteiger partial charge in [0.25, 0.3) is 0 Å². The number of likely N-dealkylation sites (tertiary alicyclic amines) is 1. The van der Waals surface area contributed by atoms with Crippen molar-refractivity contribution in [1.82, 2.24) is 4.90 Å². The summed E-state index contributed by atoms with van der Waals surface area (Å²) in [5.41, 5.74) is 3.01. The van der Waals surface area contributed by atoms with Crippen LogP contribution in [0.5, 0.6) is 5.75 Å². The SMILES string of the molecule is C[C@H]1C2Cc3ccc(O)cc3[C@@]1(C)CCN2CC1CCCO1. The van der Waals surface area contributed by atoms with Gasteiger partial charge in [-0.15, -0.1) is 0 Å². The molecule has 3 nitrogen and oxygen atoms in total.